The van der Waals surface area contributed by atoms with Crippen molar-refractivity contribution in [3.63, 3.8) is 0 Å². The average Bonchev–Trinajstić information content (AvgIpc) is 3.20. The van der Waals surface area contributed by atoms with Crippen molar-refractivity contribution < 1.29 is 23.4 Å². The number of nitrogens with one attached hydrogen (secondary N) is 1. The summed E-state index contributed by atoms with van der Waals surface area (Å²) in [6.07, 6.45) is 7.80. The Labute approximate surface area is 191 Å². The Morgan fingerprint density at radius 1 is 1.44 bits per heavy atom. The number of thioether (sulfide) groups is 1. The van der Waals surface area contributed by atoms with E-state index in [4.69, 9.17) is 19.7 Å². The monoisotopic (exact) mass is 486 g/mol. The number of aromatic nitrogens is 4. The minimum absolute atomic E-state index is 0.102. The number of carbonyl (C=O) groups excluding carboxylic acids is 1. The standard InChI is InChI=1S/C19H31N6O5PS/c1-3-4-5-7-28-19(26)15(6-8-32-2)24-31(27)13-29-14(10-30-31)9-25-12-23-16-17(20)21-11-22-18(16)25/h11-12,14-15H,3-10,13H2,1-2H3,(H,24,27)(H2,20,21,22)/t14-,15-,31?/m0/s1. The fourth-order valence-electron chi connectivity index (χ4n) is 3.26. The molecule has 0 radical (unpaired) electrons. The molecule has 32 heavy (non-hydrogen) atoms. The topological polar surface area (TPSA) is 143 Å². The number of nitrogens with two attached hydrogens (primary N) is 1. The number of carbonyl (C=O) groups is 1. The zero-order valence-corrected chi connectivity index (χ0v) is 20.1. The molecule has 0 spiro atoms. The number of fused-ring (bicyclic) bond motifs is 1. The van der Waals surface area contributed by atoms with Crippen LogP contribution in [0.15, 0.2) is 12.7 Å². The number of nitrogens with zero attached hydrogens (tertiary/aromatic N) is 4. The number of hydrogen-bond donors (Lipinski definition) is 2. The second kappa shape index (κ2) is 11.9. The highest BCUT2D eigenvalue weighted by atomic mass is 32.2. The van der Waals surface area contributed by atoms with E-state index in [1.54, 1.807) is 22.7 Å². The smallest absolute Gasteiger partial charge is 0.323 e. The van der Waals surface area contributed by atoms with E-state index < -0.39 is 19.5 Å². The van der Waals surface area contributed by atoms with Gasteiger partial charge in [-0.2, -0.15) is 11.8 Å². The van der Waals surface area contributed by atoms with Crippen molar-refractivity contribution >= 4 is 42.2 Å². The maximum Gasteiger partial charge on any atom is 0.323 e. The Kier molecular flexibility index (Phi) is 9.30. The minimum Gasteiger partial charge on any atom is -0.465 e. The number of unbranched alkanes of at least 4 members (excludes halogenated alkanes) is 2. The quantitative estimate of drug-likeness (QED) is 0.259. The van der Waals surface area contributed by atoms with Crippen LogP contribution in [0, 0.1) is 0 Å². The molecule has 0 aromatic carbocycles. The minimum atomic E-state index is -3.34. The number of nitrogen functional groups attached to an aromatic ring is 1. The van der Waals surface area contributed by atoms with E-state index in [9.17, 15) is 9.36 Å². The Morgan fingerprint density at radius 2 is 2.28 bits per heavy atom. The number of esters is 1. The van der Waals surface area contributed by atoms with Gasteiger partial charge in [-0.1, -0.05) is 19.8 Å². The molecule has 2 aromatic rings. The molecule has 1 aliphatic heterocycles. The largest absolute Gasteiger partial charge is 0.465 e. The van der Waals surface area contributed by atoms with Crippen molar-refractivity contribution in [3.8, 4) is 0 Å². The highest BCUT2D eigenvalue weighted by Gasteiger charge is 2.36. The highest BCUT2D eigenvalue weighted by Crippen LogP contribution is 2.46. The summed E-state index contributed by atoms with van der Waals surface area (Å²) in [6.45, 7) is 2.96. The van der Waals surface area contributed by atoms with Gasteiger partial charge in [-0.3, -0.25) is 9.36 Å². The molecule has 3 N–H and O–H groups in total. The number of hydrogen-bond acceptors (Lipinski definition) is 10. The summed E-state index contributed by atoms with van der Waals surface area (Å²) in [4.78, 5) is 24.9. The first-order valence-corrected chi connectivity index (χ1v) is 13.9. The van der Waals surface area contributed by atoms with Crippen molar-refractivity contribution in [1.82, 2.24) is 24.6 Å². The Bertz CT molecular complexity index is 932. The molecular weight excluding hydrogens is 455 g/mol. The van der Waals surface area contributed by atoms with Gasteiger partial charge < -0.3 is 24.3 Å². The zero-order valence-electron chi connectivity index (χ0n) is 18.4. The average molecular weight is 487 g/mol. The van der Waals surface area contributed by atoms with Crippen LogP contribution < -0.4 is 10.8 Å². The van der Waals surface area contributed by atoms with Gasteiger partial charge in [0.15, 0.2) is 11.5 Å². The number of rotatable bonds is 12. The molecule has 3 heterocycles. The second-order valence-electron chi connectivity index (χ2n) is 7.55. The van der Waals surface area contributed by atoms with E-state index in [0.717, 1.165) is 25.0 Å². The molecule has 0 saturated carbocycles. The van der Waals surface area contributed by atoms with Crippen molar-refractivity contribution in [1.29, 1.82) is 0 Å². The first kappa shape index (κ1) is 24.9. The lowest BCUT2D eigenvalue weighted by molar-refractivity contribution is -0.146. The number of imidazole rings is 1. The summed E-state index contributed by atoms with van der Waals surface area (Å²) in [5.74, 6) is 0.628. The van der Waals surface area contributed by atoms with Crippen molar-refractivity contribution in [3.05, 3.63) is 12.7 Å². The van der Waals surface area contributed by atoms with Crippen LogP contribution in [0.4, 0.5) is 5.82 Å². The summed E-state index contributed by atoms with van der Waals surface area (Å²) in [7, 11) is -3.34. The molecule has 0 bridgehead atoms. The number of ether oxygens (including phenoxy) is 2. The molecule has 3 atom stereocenters. The lowest BCUT2D eigenvalue weighted by atomic mass is 10.2. The van der Waals surface area contributed by atoms with Crippen LogP contribution in [0.5, 0.6) is 0 Å². The Balaban J connectivity index is 1.55. The van der Waals surface area contributed by atoms with E-state index >= 15 is 0 Å². The fraction of sp³-hybridized carbons (Fsp3) is 0.684. The van der Waals surface area contributed by atoms with Gasteiger partial charge in [-0.25, -0.2) is 20.0 Å². The predicted molar refractivity (Wildman–Crippen MR) is 123 cm³/mol. The van der Waals surface area contributed by atoms with E-state index in [1.807, 2.05) is 6.26 Å². The third-order valence-electron chi connectivity index (χ3n) is 5.02. The summed E-state index contributed by atoms with van der Waals surface area (Å²) >= 11 is 1.61. The van der Waals surface area contributed by atoms with Gasteiger partial charge >= 0.3 is 5.97 Å². The van der Waals surface area contributed by atoms with Gasteiger partial charge in [0.1, 0.15) is 30.3 Å². The van der Waals surface area contributed by atoms with Gasteiger partial charge in [-0.15, -0.1) is 0 Å². The van der Waals surface area contributed by atoms with Crippen LogP contribution in [0.2, 0.25) is 0 Å². The van der Waals surface area contributed by atoms with E-state index in [0.29, 0.717) is 36.6 Å². The van der Waals surface area contributed by atoms with Crippen LogP contribution in [0.25, 0.3) is 11.2 Å². The van der Waals surface area contributed by atoms with Gasteiger partial charge in [0, 0.05) is 0 Å². The van der Waals surface area contributed by atoms with Crippen molar-refractivity contribution in [2.24, 2.45) is 0 Å². The van der Waals surface area contributed by atoms with E-state index in [2.05, 4.69) is 27.0 Å². The molecule has 1 aliphatic rings. The molecular formula is C19H31N6O5PS. The maximum absolute atomic E-state index is 13.2. The first-order chi connectivity index (χ1) is 15.5. The molecule has 0 aliphatic carbocycles. The van der Waals surface area contributed by atoms with E-state index in [-0.39, 0.29) is 19.1 Å². The Morgan fingerprint density at radius 3 is 3.00 bits per heavy atom. The zero-order chi connectivity index (χ0) is 23.0. The van der Waals surface area contributed by atoms with Gasteiger partial charge in [0.25, 0.3) is 7.52 Å². The number of anilines is 1. The van der Waals surface area contributed by atoms with Gasteiger partial charge in [-0.05, 0) is 24.9 Å². The van der Waals surface area contributed by atoms with Crippen molar-refractivity contribution in [2.45, 2.75) is 51.3 Å². The molecule has 1 fully saturated rings. The molecule has 1 unspecified atom stereocenters. The second-order valence-corrected chi connectivity index (χ2v) is 10.7. The van der Waals surface area contributed by atoms with Crippen LogP contribution in [0.3, 0.4) is 0 Å². The molecule has 11 nitrogen and oxygen atoms in total. The molecule has 3 rings (SSSR count). The fourth-order valence-corrected chi connectivity index (χ4v) is 5.48. The van der Waals surface area contributed by atoms with E-state index in [1.165, 1.54) is 6.33 Å². The SMILES string of the molecule is CCCCCOC(=O)[C@H](CCSC)NP1(=O)CO[C@@H](Cn2cnc3c(N)ncnc32)CO1. The lowest BCUT2D eigenvalue weighted by Gasteiger charge is -2.32. The maximum atomic E-state index is 13.2. The molecule has 1 saturated heterocycles. The van der Waals surface area contributed by atoms with Crippen LogP contribution >= 0.6 is 19.3 Å². The summed E-state index contributed by atoms with van der Waals surface area (Å²) < 4.78 is 31.8. The third kappa shape index (κ3) is 6.64. The van der Waals surface area contributed by atoms with Gasteiger partial charge in [0.2, 0.25) is 0 Å². The lowest BCUT2D eigenvalue weighted by Crippen LogP contribution is -2.41. The Hall–Kier alpha value is -1.72. The summed E-state index contributed by atoms with van der Waals surface area (Å²) in [5.41, 5.74) is 6.93. The third-order valence-corrected chi connectivity index (χ3v) is 7.42. The molecule has 2 aromatic heterocycles. The van der Waals surface area contributed by atoms with Crippen molar-refractivity contribution in [2.75, 3.05) is 37.3 Å². The van der Waals surface area contributed by atoms with Gasteiger partial charge in [0.05, 0.1) is 26.1 Å². The predicted octanol–water partition coefficient (Wildman–Crippen LogP) is 2.42. The highest BCUT2D eigenvalue weighted by molar-refractivity contribution is 7.98. The van der Waals surface area contributed by atoms with Crippen LogP contribution in [-0.4, -0.2) is 69.2 Å². The normalized spacial score (nSPS) is 22.1. The summed E-state index contributed by atoms with van der Waals surface area (Å²) in [6, 6.07) is -0.702. The van der Waals surface area contributed by atoms with Crippen LogP contribution in [0.1, 0.15) is 32.6 Å². The molecule has 0 amide bonds. The van der Waals surface area contributed by atoms with Crippen LogP contribution in [-0.2, 0) is 29.9 Å². The molecule has 13 heteroatoms. The summed E-state index contributed by atoms with van der Waals surface area (Å²) in [5, 5.41) is 2.89. The molecule has 178 valence electrons. The first-order valence-electron chi connectivity index (χ1n) is 10.7.